The van der Waals surface area contributed by atoms with Gasteiger partial charge in [0.2, 0.25) is 23.6 Å². The van der Waals surface area contributed by atoms with E-state index in [2.05, 4.69) is 10.6 Å². The fraction of sp³-hybridized carbons (Fsp3) is 0.667. The zero-order chi connectivity index (χ0) is 21.3. The average molecular weight is 389 g/mol. The fourth-order valence-corrected chi connectivity index (χ4v) is 1.92. The number of amides is 4. The fourth-order valence-electron chi connectivity index (χ4n) is 1.92. The molecule has 0 aliphatic rings. The van der Waals surface area contributed by atoms with Gasteiger partial charge >= 0.3 is 5.97 Å². The summed E-state index contributed by atoms with van der Waals surface area (Å²) in [6, 6.07) is -3.87. The van der Waals surface area contributed by atoms with Gasteiger partial charge in [0.25, 0.3) is 0 Å². The maximum Gasteiger partial charge on any atom is 0.322 e. The summed E-state index contributed by atoms with van der Waals surface area (Å²) in [6.45, 7) is 3.89. The highest BCUT2D eigenvalue weighted by Crippen LogP contribution is 2.02. The molecule has 12 heteroatoms. The standard InChI is InChI=1S/C15H27N5O7/c1-6(2)11(17)14(26)20-12(7(3)21)15(27)19-8(4-9(16)22)13(25)18-5-10(23)24/h6-8,11-12,21H,4-5,17H2,1-3H3,(H2,16,22)(H,18,25)(H,19,27)(H,20,26)(H,23,24). The number of aliphatic hydroxyl groups is 1. The van der Waals surface area contributed by atoms with Crippen molar-refractivity contribution in [2.75, 3.05) is 6.54 Å². The number of primary amides is 1. The van der Waals surface area contributed by atoms with Gasteiger partial charge in [-0.3, -0.25) is 24.0 Å². The Kier molecular flexibility index (Phi) is 9.96. The summed E-state index contributed by atoms with van der Waals surface area (Å²) in [7, 11) is 0. The molecule has 12 nitrogen and oxygen atoms in total. The number of aliphatic carboxylic acids is 1. The minimum absolute atomic E-state index is 0.230. The number of hydrogen-bond donors (Lipinski definition) is 7. The second-order valence-corrected chi connectivity index (χ2v) is 6.34. The van der Waals surface area contributed by atoms with Crippen molar-refractivity contribution >= 4 is 29.6 Å². The summed E-state index contributed by atoms with van der Waals surface area (Å²) in [4.78, 5) is 58.0. The summed E-state index contributed by atoms with van der Waals surface area (Å²) >= 11 is 0. The third kappa shape index (κ3) is 8.96. The highest BCUT2D eigenvalue weighted by Gasteiger charge is 2.32. The number of carbonyl (C=O) groups is 5. The Labute approximate surface area is 156 Å². The first-order valence-electron chi connectivity index (χ1n) is 8.19. The highest BCUT2D eigenvalue weighted by molar-refractivity contribution is 5.95. The summed E-state index contributed by atoms with van der Waals surface area (Å²) in [5.41, 5.74) is 10.7. The van der Waals surface area contributed by atoms with Crippen LogP contribution in [-0.4, -0.2) is 70.6 Å². The summed E-state index contributed by atoms with van der Waals surface area (Å²) in [6.07, 6.45) is -1.95. The molecule has 0 rings (SSSR count). The van der Waals surface area contributed by atoms with Gasteiger partial charge in [-0.25, -0.2) is 0 Å². The predicted octanol–water partition coefficient (Wildman–Crippen LogP) is -3.60. The van der Waals surface area contributed by atoms with Crippen LogP contribution in [0.3, 0.4) is 0 Å². The third-order valence-electron chi connectivity index (χ3n) is 3.54. The maximum absolute atomic E-state index is 12.4. The molecule has 27 heavy (non-hydrogen) atoms. The van der Waals surface area contributed by atoms with Gasteiger partial charge in [0.1, 0.15) is 18.6 Å². The molecule has 0 fully saturated rings. The van der Waals surface area contributed by atoms with E-state index in [4.69, 9.17) is 16.6 Å². The van der Waals surface area contributed by atoms with Crippen molar-refractivity contribution in [1.29, 1.82) is 0 Å². The molecule has 154 valence electrons. The lowest BCUT2D eigenvalue weighted by molar-refractivity contribution is -0.139. The second-order valence-electron chi connectivity index (χ2n) is 6.34. The molecule has 4 unspecified atom stereocenters. The van der Waals surface area contributed by atoms with Crippen LogP contribution in [0.15, 0.2) is 0 Å². The number of hydrogen-bond acceptors (Lipinski definition) is 7. The number of carboxylic acid groups (broad SMARTS) is 1. The molecule has 0 aromatic carbocycles. The molecular formula is C15H27N5O7. The zero-order valence-electron chi connectivity index (χ0n) is 15.4. The topological polar surface area (TPSA) is 214 Å². The van der Waals surface area contributed by atoms with Crippen LogP contribution in [0.2, 0.25) is 0 Å². The minimum atomic E-state index is -1.48. The van der Waals surface area contributed by atoms with Crippen molar-refractivity contribution in [3.05, 3.63) is 0 Å². The van der Waals surface area contributed by atoms with Crippen LogP contribution in [0.5, 0.6) is 0 Å². The van der Waals surface area contributed by atoms with E-state index in [0.29, 0.717) is 0 Å². The van der Waals surface area contributed by atoms with E-state index in [1.165, 1.54) is 6.92 Å². The number of carboxylic acids is 1. The smallest absolute Gasteiger partial charge is 0.322 e. The Hall–Kier alpha value is -2.73. The Bertz CT molecular complexity index is 579. The van der Waals surface area contributed by atoms with E-state index in [1.807, 2.05) is 5.32 Å². The molecule has 0 saturated heterocycles. The van der Waals surface area contributed by atoms with E-state index in [1.54, 1.807) is 13.8 Å². The number of aliphatic hydroxyl groups excluding tert-OH is 1. The van der Waals surface area contributed by atoms with E-state index in [-0.39, 0.29) is 5.92 Å². The summed E-state index contributed by atoms with van der Waals surface area (Å²) < 4.78 is 0. The molecule has 0 bridgehead atoms. The van der Waals surface area contributed by atoms with Crippen molar-refractivity contribution in [2.24, 2.45) is 17.4 Å². The molecule has 0 aliphatic carbocycles. The third-order valence-corrected chi connectivity index (χ3v) is 3.54. The molecule has 4 atom stereocenters. The molecule has 0 heterocycles. The number of nitrogens with one attached hydrogen (secondary N) is 3. The Morgan fingerprint density at radius 3 is 1.93 bits per heavy atom. The maximum atomic E-state index is 12.4. The quantitative estimate of drug-likeness (QED) is 0.187. The molecular weight excluding hydrogens is 362 g/mol. The van der Waals surface area contributed by atoms with Gasteiger partial charge < -0.3 is 37.6 Å². The molecule has 0 spiro atoms. The van der Waals surface area contributed by atoms with Gasteiger partial charge in [0, 0.05) is 0 Å². The van der Waals surface area contributed by atoms with E-state index in [0.717, 1.165) is 0 Å². The van der Waals surface area contributed by atoms with Gasteiger partial charge in [0.15, 0.2) is 0 Å². The van der Waals surface area contributed by atoms with E-state index >= 15 is 0 Å². The Morgan fingerprint density at radius 2 is 1.52 bits per heavy atom. The molecule has 0 radical (unpaired) electrons. The first kappa shape index (κ1) is 24.3. The SMILES string of the molecule is CC(C)C(N)C(=O)NC(C(=O)NC(CC(N)=O)C(=O)NCC(=O)O)C(C)O. The minimum Gasteiger partial charge on any atom is -0.480 e. The van der Waals surface area contributed by atoms with Gasteiger partial charge in [0.05, 0.1) is 18.6 Å². The Balaban J connectivity index is 5.21. The van der Waals surface area contributed by atoms with Crippen LogP contribution in [0, 0.1) is 5.92 Å². The van der Waals surface area contributed by atoms with E-state index < -0.39 is 66.8 Å². The van der Waals surface area contributed by atoms with Crippen LogP contribution in [0.1, 0.15) is 27.2 Å². The summed E-state index contributed by atoms with van der Waals surface area (Å²) in [5, 5.41) is 24.8. The second kappa shape index (κ2) is 11.1. The molecule has 9 N–H and O–H groups in total. The monoisotopic (exact) mass is 389 g/mol. The van der Waals surface area contributed by atoms with Gasteiger partial charge in [-0.05, 0) is 12.8 Å². The van der Waals surface area contributed by atoms with Crippen LogP contribution < -0.4 is 27.4 Å². The van der Waals surface area contributed by atoms with Crippen LogP contribution in [0.25, 0.3) is 0 Å². The molecule has 0 saturated carbocycles. The van der Waals surface area contributed by atoms with E-state index in [9.17, 15) is 29.1 Å². The first-order chi connectivity index (χ1) is 12.4. The molecule has 0 aliphatic heterocycles. The van der Waals surface area contributed by atoms with Crippen molar-refractivity contribution < 1.29 is 34.2 Å². The first-order valence-corrected chi connectivity index (χ1v) is 8.19. The normalized spacial score (nSPS) is 15.2. The molecule has 0 aromatic rings. The van der Waals surface area contributed by atoms with Crippen molar-refractivity contribution in [2.45, 2.75) is 51.4 Å². The zero-order valence-corrected chi connectivity index (χ0v) is 15.4. The molecule has 4 amide bonds. The van der Waals surface area contributed by atoms with Crippen LogP contribution >= 0.6 is 0 Å². The van der Waals surface area contributed by atoms with Crippen LogP contribution in [0.4, 0.5) is 0 Å². The van der Waals surface area contributed by atoms with Crippen molar-refractivity contribution in [1.82, 2.24) is 16.0 Å². The van der Waals surface area contributed by atoms with Crippen molar-refractivity contribution in [3.63, 3.8) is 0 Å². The molecule has 0 aromatic heterocycles. The Morgan fingerprint density at radius 1 is 0.963 bits per heavy atom. The number of rotatable bonds is 11. The summed E-state index contributed by atoms with van der Waals surface area (Å²) in [5.74, 6) is -5.10. The predicted molar refractivity (Wildman–Crippen MR) is 92.8 cm³/mol. The lowest BCUT2D eigenvalue weighted by Gasteiger charge is -2.26. The van der Waals surface area contributed by atoms with Gasteiger partial charge in [-0.2, -0.15) is 0 Å². The average Bonchev–Trinajstić information content (AvgIpc) is 2.54. The number of carbonyl (C=O) groups excluding carboxylic acids is 4. The highest BCUT2D eigenvalue weighted by atomic mass is 16.4. The van der Waals surface area contributed by atoms with Crippen LogP contribution in [-0.2, 0) is 24.0 Å². The lowest BCUT2D eigenvalue weighted by Crippen LogP contribution is -2.60. The van der Waals surface area contributed by atoms with Gasteiger partial charge in [-0.15, -0.1) is 0 Å². The number of nitrogens with two attached hydrogens (primary N) is 2. The van der Waals surface area contributed by atoms with Crippen molar-refractivity contribution in [3.8, 4) is 0 Å². The lowest BCUT2D eigenvalue weighted by atomic mass is 10.0. The largest absolute Gasteiger partial charge is 0.480 e. The van der Waals surface area contributed by atoms with Gasteiger partial charge in [-0.1, -0.05) is 13.8 Å².